The Morgan fingerprint density at radius 3 is 2.42 bits per heavy atom. The molecule has 1 aliphatic rings. The van der Waals surface area contributed by atoms with Gasteiger partial charge in [0, 0.05) is 30.8 Å². The van der Waals surface area contributed by atoms with Crippen molar-refractivity contribution in [1.29, 1.82) is 5.26 Å². The zero-order valence-corrected chi connectivity index (χ0v) is 29.3. The quantitative estimate of drug-likeness (QED) is 0.174. The number of rotatable bonds is 9. The normalized spacial score (nSPS) is 21.1. The number of anilines is 1. The highest BCUT2D eigenvalue weighted by molar-refractivity contribution is 6.31. The first-order chi connectivity index (χ1) is 22.5. The molecule has 1 unspecified atom stereocenters. The summed E-state index contributed by atoms with van der Waals surface area (Å²) >= 11 is 12.6. The molecule has 0 saturated carbocycles. The Hall–Kier alpha value is -4.17. The van der Waals surface area contributed by atoms with Crippen LogP contribution < -0.4 is 15.4 Å². The zero-order chi connectivity index (χ0) is 35.6. The van der Waals surface area contributed by atoms with Gasteiger partial charge in [0.2, 0.25) is 12.2 Å². The van der Waals surface area contributed by atoms with Crippen LogP contribution in [-0.4, -0.2) is 43.3 Å². The van der Waals surface area contributed by atoms with E-state index in [4.69, 9.17) is 37.4 Å². The van der Waals surface area contributed by atoms with Crippen molar-refractivity contribution in [3.05, 3.63) is 92.7 Å². The summed E-state index contributed by atoms with van der Waals surface area (Å²) in [4.78, 5) is 38.3. The number of nitriles is 1. The van der Waals surface area contributed by atoms with Gasteiger partial charge in [-0.15, -0.1) is 0 Å². The molecule has 0 aliphatic carbocycles. The second kappa shape index (κ2) is 14.5. The second-order valence-corrected chi connectivity index (χ2v) is 13.9. The Morgan fingerprint density at radius 2 is 1.81 bits per heavy atom. The standard InChI is InChI=1S/C36H38Cl2FN3O6/c1-19-15-23(37)12-13-25(19)36(18-40)29(17-35(4,5)6)42-32(30(36)24-9-8-10-26(38)31(24)39)33(44)41-27-14-11-22(16-28(27)46-7)34(45)48-21(3)47-20(2)43/h8-16,21,29-30,32,42H,17H2,1-7H3,(H,41,44)/t21?,29-,30-,32+,36-/m0/s1. The summed E-state index contributed by atoms with van der Waals surface area (Å²) < 4.78 is 31.5. The van der Waals surface area contributed by atoms with Crippen LogP contribution in [0.1, 0.15) is 74.0 Å². The van der Waals surface area contributed by atoms with Crippen LogP contribution in [0.2, 0.25) is 10.0 Å². The molecule has 3 aromatic carbocycles. The number of hydrogen-bond donors (Lipinski definition) is 2. The maximum atomic E-state index is 16.0. The van der Waals surface area contributed by atoms with E-state index in [-0.39, 0.29) is 33.0 Å². The van der Waals surface area contributed by atoms with E-state index >= 15 is 4.39 Å². The molecule has 1 aliphatic heterocycles. The van der Waals surface area contributed by atoms with E-state index in [9.17, 15) is 19.6 Å². The lowest BCUT2D eigenvalue weighted by atomic mass is 9.62. The van der Waals surface area contributed by atoms with Gasteiger partial charge in [-0.1, -0.05) is 62.2 Å². The van der Waals surface area contributed by atoms with E-state index in [0.717, 1.165) is 0 Å². The summed E-state index contributed by atoms with van der Waals surface area (Å²) in [5.74, 6) is -3.60. The third kappa shape index (κ3) is 7.59. The lowest BCUT2D eigenvalue weighted by Gasteiger charge is -2.38. The molecule has 2 N–H and O–H groups in total. The van der Waals surface area contributed by atoms with E-state index in [1.807, 2.05) is 27.7 Å². The largest absolute Gasteiger partial charge is 0.495 e. The van der Waals surface area contributed by atoms with E-state index in [1.54, 1.807) is 30.3 Å². The highest BCUT2D eigenvalue weighted by Crippen LogP contribution is 2.53. The maximum Gasteiger partial charge on any atom is 0.341 e. The third-order valence-electron chi connectivity index (χ3n) is 8.29. The average molecular weight is 699 g/mol. The second-order valence-electron chi connectivity index (χ2n) is 13.0. The summed E-state index contributed by atoms with van der Waals surface area (Å²) in [6, 6.07) is 14.8. The van der Waals surface area contributed by atoms with E-state index < -0.39 is 53.4 Å². The molecule has 4 rings (SSSR count). The van der Waals surface area contributed by atoms with Crippen LogP contribution in [0.25, 0.3) is 0 Å². The fourth-order valence-electron chi connectivity index (χ4n) is 6.43. The van der Waals surface area contributed by atoms with Crippen molar-refractivity contribution in [2.75, 3.05) is 12.4 Å². The number of carbonyl (C=O) groups excluding carboxylic acids is 3. The smallest absolute Gasteiger partial charge is 0.341 e. The van der Waals surface area contributed by atoms with Crippen LogP contribution in [-0.2, 0) is 24.5 Å². The molecule has 0 bridgehead atoms. The van der Waals surface area contributed by atoms with Gasteiger partial charge in [0.15, 0.2) is 0 Å². The molecule has 0 spiro atoms. The molecular weight excluding hydrogens is 660 g/mol. The SMILES string of the molecule is COc1cc(C(=O)OC(C)OC(C)=O)ccc1NC(=O)[C@@H]1N[C@@H](CC(C)(C)C)[C@](C#N)(c2ccc(Cl)cc2C)[C@H]1c1cccc(Cl)c1F. The monoisotopic (exact) mass is 697 g/mol. The van der Waals surface area contributed by atoms with Gasteiger partial charge in [0.25, 0.3) is 0 Å². The first-order valence-corrected chi connectivity index (χ1v) is 16.0. The number of halogens is 3. The van der Waals surface area contributed by atoms with E-state index in [2.05, 4.69) is 16.7 Å². The lowest BCUT2D eigenvalue weighted by molar-refractivity contribution is -0.162. The van der Waals surface area contributed by atoms with Gasteiger partial charge in [-0.2, -0.15) is 5.26 Å². The first-order valence-electron chi connectivity index (χ1n) is 15.3. The summed E-state index contributed by atoms with van der Waals surface area (Å²) in [5.41, 5.74) is -0.0218. The predicted molar refractivity (Wildman–Crippen MR) is 181 cm³/mol. The Bertz CT molecular complexity index is 1770. The van der Waals surface area contributed by atoms with Crippen molar-refractivity contribution in [2.24, 2.45) is 5.41 Å². The zero-order valence-electron chi connectivity index (χ0n) is 27.7. The number of ether oxygens (including phenoxy) is 3. The number of amides is 1. The molecule has 1 fully saturated rings. The minimum absolute atomic E-state index is 0.0775. The molecule has 254 valence electrons. The fraction of sp³-hybridized carbons (Fsp3) is 0.389. The number of aryl methyl sites for hydroxylation is 1. The average Bonchev–Trinajstić information content (AvgIpc) is 3.31. The van der Waals surface area contributed by atoms with Crippen molar-refractivity contribution in [2.45, 2.75) is 77.7 Å². The van der Waals surface area contributed by atoms with Gasteiger partial charge < -0.3 is 24.8 Å². The third-order valence-corrected chi connectivity index (χ3v) is 8.82. The van der Waals surface area contributed by atoms with Gasteiger partial charge in [0.1, 0.15) is 17.0 Å². The number of methoxy groups -OCH3 is 1. The van der Waals surface area contributed by atoms with Crippen LogP contribution in [0, 0.1) is 29.5 Å². The minimum atomic E-state index is -1.44. The van der Waals surface area contributed by atoms with Crippen LogP contribution in [0.15, 0.2) is 54.6 Å². The Balaban J connectivity index is 1.82. The van der Waals surface area contributed by atoms with Gasteiger partial charge in [-0.3, -0.25) is 9.59 Å². The molecule has 1 amide bonds. The van der Waals surface area contributed by atoms with Crippen LogP contribution >= 0.6 is 23.2 Å². The number of hydrogen-bond acceptors (Lipinski definition) is 8. The number of nitrogens with zero attached hydrogens (tertiary/aromatic N) is 1. The molecule has 0 aromatic heterocycles. The van der Waals surface area contributed by atoms with Crippen molar-refractivity contribution in [3.8, 4) is 11.8 Å². The van der Waals surface area contributed by atoms with Crippen LogP contribution in [0.3, 0.4) is 0 Å². The Labute approximate surface area is 289 Å². The number of benzene rings is 3. The number of esters is 2. The van der Waals surface area contributed by atoms with Crippen molar-refractivity contribution in [3.63, 3.8) is 0 Å². The molecule has 9 nitrogen and oxygen atoms in total. The van der Waals surface area contributed by atoms with Crippen molar-refractivity contribution < 1.29 is 33.0 Å². The minimum Gasteiger partial charge on any atom is -0.495 e. The van der Waals surface area contributed by atoms with E-state index in [0.29, 0.717) is 22.6 Å². The summed E-state index contributed by atoms with van der Waals surface area (Å²) in [7, 11) is 1.36. The van der Waals surface area contributed by atoms with Gasteiger partial charge in [0.05, 0.1) is 35.5 Å². The van der Waals surface area contributed by atoms with Crippen LogP contribution in [0.4, 0.5) is 10.1 Å². The fourth-order valence-corrected chi connectivity index (χ4v) is 6.84. The Morgan fingerprint density at radius 1 is 1.10 bits per heavy atom. The van der Waals surface area contributed by atoms with Gasteiger partial charge in [-0.05, 0) is 71.8 Å². The summed E-state index contributed by atoms with van der Waals surface area (Å²) in [5, 5.41) is 17.8. The molecule has 12 heteroatoms. The molecule has 48 heavy (non-hydrogen) atoms. The number of nitrogens with one attached hydrogen (secondary N) is 2. The summed E-state index contributed by atoms with van der Waals surface area (Å²) in [6.45, 7) is 10.5. The molecule has 5 atom stereocenters. The predicted octanol–water partition coefficient (Wildman–Crippen LogP) is 7.48. The van der Waals surface area contributed by atoms with Gasteiger partial charge >= 0.3 is 11.9 Å². The van der Waals surface area contributed by atoms with Gasteiger partial charge in [-0.25, -0.2) is 9.18 Å². The van der Waals surface area contributed by atoms with E-state index in [1.165, 1.54) is 45.2 Å². The molecule has 1 heterocycles. The Kier molecular flexibility index (Phi) is 11.1. The highest BCUT2D eigenvalue weighted by atomic mass is 35.5. The molecule has 3 aromatic rings. The lowest BCUT2D eigenvalue weighted by Crippen LogP contribution is -2.44. The number of carbonyl (C=O) groups is 3. The summed E-state index contributed by atoms with van der Waals surface area (Å²) in [6.07, 6.45) is -0.667. The highest BCUT2D eigenvalue weighted by Gasteiger charge is 2.60. The molecular formula is C36H38Cl2FN3O6. The van der Waals surface area contributed by atoms with Crippen molar-refractivity contribution >= 4 is 46.7 Å². The molecule has 1 saturated heterocycles. The van der Waals surface area contributed by atoms with Crippen LogP contribution in [0.5, 0.6) is 5.75 Å². The topological polar surface area (TPSA) is 127 Å². The maximum absolute atomic E-state index is 16.0. The first kappa shape index (κ1) is 36.7. The van der Waals surface area contributed by atoms with Crippen molar-refractivity contribution in [1.82, 2.24) is 5.32 Å². The molecule has 0 radical (unpaired) electrons.